The number of benzene rings is 1. The predicted molar refractivity (Wildman–Crippen MR) is 82.7 cm³/mol. The van der Waals surface area contributed by atoms with Crippen molar-refractivity contribution in [2.75, 3.05) is 24.4 Å². The van der Waals surface area contributed by atoms with E-state index in [0.717, 1.165) is 28.8 Å². The Hall–Kier alpha value is -1.86. The van der Waals surface area contributed by atoms with E-state index >= 15 is 0 Å². The van der Waals surface area contributed by atoms with Crippen molar-refractivity contribution in [3.8, 4) is 5.75 Å². The number of hydrogen-bond donors (Lipinski definition) is 3. The van der Waals surface area contributed by atoms with E-state index < -0.39 is 0 Å². The number of methoxy groups -OCH3 is 1. The maximum absolute atomic E-state index is 5.32. The van der Waals surface area contributed by atoms with Gasteiger partial charge in [0.15, 0.2) is 0 Å². The number of nitrogen functional groups attached to an aromatic ring is 1. The Morgan fingerprint density at radius 3 is 2.90 bits per heavy atom. The van der Waals surface area contributed by atoms with Crippen LogP contribution in [-0.2, 0) is 6.42 Å². The highest BCUT2D eigenvalue weighted by Gasteiger charge is 2.05. The molecular formula is C13H16BrN5O. The first-order valence-corrected chi connectivity index (χ1v) is 6.89. The summed E-state index contributed by atoms with van der Waals surface area (Å²) in [6, 6.07) is 7.94. The van der Waals surface area contributed by atoms with Gasteiger partial charge in [0.05, 0.1) is 11.6 Å². The number of halogens is 1. The van der Waals surface area contributed by atoms with E-state index in [1.807, 2.05) is 24.3 Å². The van der Waals surface area contributed by atoms with Crippen LogP contribution in [0.25, 0.3) is 0 Å². The number of ether oxygens (including phenoxy) is 1. The number of hydrazine groups is 1. The Bertz CT molecular complexity index is 578. The van der Waals surface area contributed by atoms with Crippen molar-refractivity contribution in [3.63, 3.8) is 0 Å². The summed E-state index contributed by atoms with van der Waals surface area (Å²) in [5, 5.41) is 3.24. The van der Waals surface area contributed by atoms with Crippen molar-refractivity contribution in [1.29, 1.82) is 0 Å². The fourth-order valence-corrected chi connectivity index (χ4v) is 2.12. The molecule has 0 unspecified atom stereocenters. The summed E-state index contributed by atoms with van der Waals surface area (Å²) in [7, 11) is 1.67. The van der Waals surface area contributed by atoms with Crippen molar-refractivity contribution in [2.24, 2.45) is 5.84 Å². The van der Waals surface area contributed by atoms with Crippen molar-refractivity contribution in [2.45, 2.75) is 6.42 Å². The van der Waals surface area contributed by atoms with E-state index in [1.165, 1.54) is 0 Å². The number of aromatic nitrogens is 2. The number of para-hydroxylation sites is 1. The van der Waals surface area contributed by atoms with Crippen molar-refractivity contribution < 1.29 is 4.74 Å². The van der Waals surface area contributed by atoms with Crippen LogP contribution in [0.5, 0.6) is 5.75 Å². The minimum absolute atomic E-state index is 0.369. The Labute approximate surface area is 125 Å². The highest BCUT2D eigenvalue weighted by molar-refractivity contribution is 9.10. The maximum atomic E-state index is 5.32. The zero-order valence-electron chi connectivity index (χ0n) is 11.1. The minimum Gasteiger partial charge on any atom is -0.496 e. The standard InChI is InChI=1S/C13H16BrN5O/c1-20-11-5-3-2-4-9(11)6-7-16-12-10(14)8-17-13(18-12)19-15/h2-5,8H,6-7,15H2,1H3,(H2,16,17,18,19). The molecule has 0 spiro atoms. The Kier molecular flexibility index (Phi) is 5.14. The monoisotopic (exact) mass is 337 g/mol. The van der Waals surface area contributed by atoms with E-state index in [1.54, 1.807) is 13.3 Å². The number of rotatable bonds is 6. The second kappa shape index (κ2) is 7.06. The van der Waals surface area contributed by atoms with Gasteiger partial charge >= 0.3 is 0 Å². The fraction of sp³-hybridized carbons (Fsp3) is 0.231. The quantitative estimate of drug-likeness (QED) is 0.553. The van der Waals surface area contributed by atoms with Gasteiger partial charge in [-0.05, 0) is 34.0 Å². The summed E-state index contributed by atoms with van der Waals surface area (Å²) in [6.07, 6.45) is 2.47. The summed E-state index contributed by atoms with van der Waals surface area (Å²) in [5.74, 6) is 7.25. The largest absolute Gasteiger partial charge is 0.496 e. The molecule has 0 aliphatic carbocycles. The van der Waals surface area contributed by atoms with Gasteiger partial charge in [-0.15, -0.1) is 0 Å². The Morgan fingerprint density at radius 2 is 2.15 bits per heavy atom. The lowest BCUT2D eigenvalue weighted by molar-refractivity contribution is 0.410. The first-order chi connectivity index (χ1) is 9.74. The molecule has 0 aliphatic rings. The highest BCUT2D eigenvalue weighted by atomic mass is 79.9. The normalized spacial score (nSPS) is 10.2. The first-order valence-electron chi connectivity index (χ1n) is 6.09. The molecule has 2 aromatic rings. The number of nitrogens with zero attached hydrogens (tertiary/aromatic N) is 2. The number of nitrogens with two attached hydrogens (primary N) is 1. The molecule has 106 valence electrons. The molecule has 1 heterocycles. The molecule has 4 N–H and O–H groups in total. The Morgan fingerprint density at radius 1 is 1.35 bits per heavy atom. The molecule has 0 amide bonds. The number of hydrogen-bond acceptors (Lipinski definition) is 6. The smallest absolute Gasteiger partial charge is 0.239 e. The van der Waals surface area contributed by atoms with Gasteiger partial charge in [-0.25, -0.2) is 10.8 Å². The lowest BCUT2D eigenvalue weighted by Gasteiger charge is -2.10. The molecule has 20 heavy (non-hydrogen) atoms. The Balaban J connectivity index is 1.99. The van der Waals surface area contributed by atoms with Gasteiger partial charge in [0, 0.05) is 12.7 Å². The van der Waals surface area contributed by atoms with Crippen LogP contribution >= 0.6 is 15.9 Å². The summed E-state index contributed by atoms with van der Waals surface area (Å²) in [5.41, 5.74) is 3.56. The topological polar surface area (TPSA) is 85.1 Å². The third kappa shape index (κ3) is 3.58. The van der Waals surface area contributed by atoms with Crippen LogP contribution in [0, 0.1) is 0 Å². The first kappa shape index (κ1) is 14.5. The highest BCUT2D eigenvalue weighted by Crippen LogP contribution is 2.21. The molecule has 2 rings (SSSR count). The minimum atomic E-state index is 0.369. The van der Waals surface area contributed by atoms with Gasteiger partial charge in [-0.1, -0.05) is 18.2 Å². The zero-order valence-corrected chi connectivity index (χ0v) is 12.6. The van der Waals surface area contributed by atoms with Crippen LogP contribution in [0.15, 0.2) is 34.9 Å². The van der Waals surface area contributed by atoms with Crippen LogP contribution < -0.4 is 21.3 Å². The third-order valence-electron chi connectivity index (χ3n) is 2.75. The van der Waals surface area contributed by atoms with E-state index in [0.29, 0.717) is 11.8 Å². The number of anilines is 2. The van der Waals surface area contributed by atoms with E-state index in [9.17, 15) is 0 Å². The van der Waals surface area contributed by atoms with Gasteiger partial charge in [0.25, 0.3) is 0 Å². The van der Waals surface area contributed by atoms with Gasteiger partial charge in [-0.2, -0.15) is 4.98 Å². The second-order valence-electron chi connectivity index (χ2n) is 4.02. The molecular weight excluding hydrogens is 322 g/mol. The van der Waals surface area contributed by atoms with Crippen LogP contribution in [0.3, 0.4) is 0 Å². The van der Waals surface area contributed by atoms with Crippen LogP contribution in [0.4, 0.5) is 11.8 Å². The summed E-state index contributed by atoms with van der Waals surface area (Å²) >= 11 is 3.39. The molecule has 0 saturated carbocycles. The summed E-state index contributed by atoms with van der Waals surface area (Å²) in [4.78, 5) is 8.23. The molecule has 0 aliphatic heterocycles. The molecule has 6 nitrogen and oxygen atoms in total. The molecule has 0 radical (unpaired) electrons. The molecule has 1 aromatic heterocycles. The van der Waals surface area contributed by atoms with Gasteiger partial charge in [-0.3, -0.25) is 5.43 Å². The van der Waals surface area contributed by atoms with E-state index in [-0.39, 0.29) is 0 Å². The molecule has 7 heteroatoms. The maximum Gasteiger partial charge on any atom is 0.239 e. The molecule has 0 fully saturated rings. The van der Waals surface area contributed by atoms with Gasteiger partial charge in [0.1, 0.15) is 11.6 Å². The van der Waals surface area contributed by atoms with E-state index in [4.69, 9.17) is 10.6 Å². The lowest BCUT2D eigenvalue weighted by atomic mass is 10.1. The second-order valence-corrected chi connectivity index (χ2v) is 4.88. The zero-order chi connectivity index (χ0) is 14.4. The fourth-order valence-electron chi connectivity index (χ4n) is 1.79. The molecule has 0 bridgehead atoms. The van der Waals surface area contributed by atoms with Crippen molar-refractivity contribution in [3.05, 3.63) is 40.5 Å². The van der Waals surface area contributed by atoms with Crippen molar-refractivity contribution in [1.82, 2.24) is 9.97 Å². The average Bonchev–Trinajstić information content (AvgIpc) is 2.49. The number of nitrogens with one attached hydrogen (secondary N) is 2. The summed E-state index contributed by atoms with van der Waals surface area (Å²) < 4.78 is 6.11. The summed E-state index contributed by atoms with van der Waals surface area (Å²) in [6.45, 7) is 0.722. The molecule has 1 aromatic carbocycles. The van der Waals surface area contributed by atoms with Gasteiger partial charge in [0.2, 0.25) is 5.95 Å². The molecule has 0 atom stereocenters. The average molecular weight is 338 g/mol. The van der Waals surface area contributed by atoms with Crippen molar-refractivity contribution >= 4 is 27.7 Å². The van der Waals surface area contributed by atoms with Gasteiger partial charge < -0.3 is 10.1 Å². The molecule has 0 saturated heterocycles. The lowest BCUT2D eigenvalue weighted by Crippen LogP contribution is -2.13. The SMILES string of the molecule is COc1ccccc1CCNc1nc(NN)ncc1Br. The third-order valence-corrected chi connectivity index (χ3v) is 3.33. The predicted octanol–water partition coefficient (Wildman–Crippen LogP) is 2.19. The van der Waals surface area contributed by atoms with Crippen LogP contribution in [-0.4, -0.2) is 23.6 Å². The van der Waals surface area contributed by atoms with Crippen LogP contribution in [0.1, 0.15) is 5.56 Å². The van der Waals surface area contributed by atoms with Crippen LogP contribution in [0.2, 0.25) is 0 Å². The van der Waals surface area contributed by atoms with E-state index in [2.05, 4.69) is 36.6 Å².